The molecule has 0 fully saturated rings. The molecule has 19 heavy (non-hydrogen) atoms. The third kappa shape index (κ3) is 2.64. The molecule has 96 valence electrons. The molecule has 0 radical (unpaired) electrons. The standard InChI is InChI=1S/C13H10ClFN4/c1-7-8(2)18-19-13(10(7)6-16)17-12-5-9(15)3-4-11(12)14/h3-5H,1-2H3,(H,17,19). The third-order valence-electron chi connectivity index (χ3n) is 2.75. The summed E-state index contributed by atoms with van der Waals surface area (Å²) in [6, 6.07) is 5.98. The minimum atomic E-state index is -0.429. The molecule has 1 N–H and O–H groups in total. The Labute approximate surface area is 114 Å². The highest BCUT2D eigenvalue weighted by molar-refractivity contribution is 6.33. The second kappa shape index (κ2) is 5.21. The van der Waals surface area contributed by atoms with Crippen LogP contribution >= 0.6 is 11.6 Å². The van der Waals surface area contributed by atoms with E-state index in [9.17, 15) is 4.39 Å². The highest BCUT2D eigenvalue weighted by Crippen LogP contribution is 2.27. The van der Waals surface area contributed by atoms with E-state index in [4.69, 9.17) is 16.9 Å². The molecule has 0 unspecified atom stereocenters. The molecule has 6 heteroatoms. The number of hydrogen-bond acceptors (Lipinski definition) is 4. The van der Waals surface area contributed by atoms with Gasteiger partial charge in [-0.25, -0.2) is 4.39 Å². The zero-order chi connectivity index (χ0) is 14.0. The predicted molar refractivity (Wildman–Crippen MR) is 70.9 cm³/mol. The zero-order valence-corrected chi connectivity index (χ0v) is 11.1. The van der Waals surface area contributed by atoms with Gasteiger partial charge in [-0.3, -0.25) is 0 Å². The van der Waals surface area contributed by atoms with Crippen LogP contribution in [0.1, 0.15) is 16.8 Å². The van der Waals surface area contributed by atoms with Crippen molar-refractivity contribution in [2.45, 2.75) is 13.8 Å². The molecule has 0 bridgehead atoms. The van der Waals surface area contributed by atoms with E-state index in [-0.39, 0.29) is 5.82 Å². The van der Waals surface area contributed by atoms with Gasteiger partial charge in [-0.1, -0.05) is 11.6 Å². The smallest absolute Gasteiger partial charge is 0.171 e. The van der Waals surface area contributed by atoms with Crippen LogP contribution in [0.3, 0.4) is 0 Å². The minimum absolute atomic E-state index is 0.262. The van der Waals surface area contributed by atoms with Crippen molar-refractivity contribution in [1.82, 2.24) is 10.2 Å². The minimum Gasteiger partial charge on any atom is -0.336 e. The van der Waals surface area contributed by atoms with Crippen molar-refractivity contribution in [3.8, 4) is 6.07 Å². The molecule has 1 heterocycles. The molecular formula is C13H10ClFN4. The number of rotatable bonds is 2. The first kappa shape index (κ1) is 13.2. The lowest BCUT2D eigenvalue weighted by molar-refractivity contribution is 0.628. The van der Waals surface area contributed by atoms with Gasteiger partial charge >= 0.3 is 0 Å². The van der Waals surface area contributed by atoms with E-state index < -0.39 is 5.82 Å². The first-order chi connectivity index (χ1) is 9.02. The number of aryl methyl sites for hydroxylation is 1. The van der Waals surface area contributed by atoms with Gasteiger partial charge in [-0.2, -0.15) is 10.4 Å². The average molecular weight is 277 g/mol. The van der Waals surface area contributed by atoms with Crippen LogP contribution < -0.4 is 5.32 Å². The van der Waals surface area contributed by atoms with Crippen molar-refractivity contribution in [3.05, 3.63) is 45.9 Å². The first-order valence-corrected chi connectivity index (χ1v) is 5.86. The molecule has 0 atom stereocenters. The number of nitrogens with one attached hydrogen (secondary N) is 1. The lowest BCUT2D eigenvalue weighted by atomic mass is 10.1. The molecule has 0 aliphatic rings. The van der Waals surface area contributed by atoms with E-state index in [1.165, 1.54) is 18.2 Å². The Bertz CT molecular complexity index is 679. The number of halogens is 2. The summed E-state index contributed by atoms with van der Waals surface area (Å²) >= 11 is 5.95. The lowest BCUT2D eigenvalue weighted by Crippen LogP contribution is -2.04. The van der Waals surface area contributed by atoms with Gasteiger partial charge in [-0.05, 0) is 37.6 Å². The van der Waals surface area contributed by atoms with Crippen LogP contribution in [0.2, 0.25) is 5.02 Å². The summed E-state index contributed by atoms with van der Waals surface area (Å²) in [5.74, 6) is -0.166. The lowest BCUT2D eigenvalue weighted by Gasteiger charge is -2.10. The Hall–Kier alpha value is -2.19. The zero-order valence-electron chi connectivity index (χ0n) is 10.3. The van der Waals surface area contributed by atoms with E-state index in [1.54, 1.807) is 13.8 Å². The maximum Gasteiger partial charge on any atom is 0.171 e. The highest BCUT2D eigenvalue weighted by atomic mass is 35.5. The fourth-order valence-corrected chi connectivity index (χ4v) is 1.72. The van der Waals surface area contributed by atoms with E-state index in [1.807, 2.05) is 0 Å². The average Bonchev–Trinajstić information content (AvgIpc) is 2.38. The second-order valence-corrected chi connectivity index (χ2v) is 4.40. The Morgan fingerprint density at radius 1 is 1.32 bits per heavy atom. The number of aromatic nitrogens is 2. The summed E-state index contributed by atoms with van der Waals surface area (Å²) in [7, 11) is 0. The van der Waals surface area contributed by atoms with Crippen LogP contribution in [0.5, 0.6) is 0 Å². The highest BCUT2D eigenvalue weighted by Gasteiger charge is 2.12. The number of benzene rings is 1. The van der Waals surface area contributed by atoms with Crippen molar-refractivity contribution in [2.24, 2.45) is 0 Å². The molecule has 0 aliphatic carbocycles. The molecule has 2 rings (SSSR count). The van der Waals surface area contributed by atoms with Crippen molar-refractivity contribution < 1.29 is 4.39 Å². The van der Waals surface area contributed by atoms with Crippen LogP contribution in [-0.4, -0.2) is 10.2 Å². The SMILES string of the molecule is Cc1nnc(Nc2cc(F)ccc2Cl)c(C#N)c1C. The van der Waals surface area contributed by atoms with Crippen LogP contribution in [0.25, 0.3) is 0 Å². The fraction of sp³-hybridized carbons (Fsp3) is 0.154. The van der Waals surface area contributed by atoms with Crippen LogP contribution in [0, 0.1) is 31.0 Å². The quantitative estimate of drug-likeness (QED) is 0.912. The summed E-state index contributed by atoms with van der Waals surface area (Å²) in [5.41, 5.74) is 2.11. The second-order valence-electron chi connectivity index (χ2n) is 3.99. The normalized spacial score (nSPS) is 10.1. The molecule has 0 saturated carbocycles. The summed E-state index contributed by atoms with van der Waals surface area (Å²) in [6.45, 7) is 3.54. The van der Waals surface area contributed by atoms with Gasteiger partial charge in [0.15, 0.2) is 5.82 Å². The van der Waals surface area contributed by atoms with Crippen LogP contribution in [0.4, 0.5) is 15.9 Å². The molecule has 0 saturated heterocycles. The van der Waals surface area contributed by atoms with Crippen LogP contribution in [0.15, 0.2) is 18.2 Å². The number of anilines is 2. The third-order valence-corrected chi connectivity index (χ3v) is 3.08. The van der Waals surface area contributed by atoms with Crippen LogP contribution in [-0.2, 0) is 0 Å². The van der Waals surface area contributed by atoms with Gasteiger partial charge in [0.1, 0.15) is 17.4 Å². The van der Waals surface area contributed by atoms with Gasteiger partial charge in [0.2, 0.25) is 0 Å². The Balaban J connectivity index is 2.47. The van der Waals surface area contributed by atoms with Crippen molar-refractivity contribution in [3.63, 3.8) is 0 Å². The van der Waals surface area contributed by atoms with E-state index in [2.05, 4.69) is 21.6 Å². The Morgan fingerprint density at radius 2 is 2.05 bits per heavy atom. The van der Waals surface area contributed by atoms with Gasteiger partial charge in [-0.15, -0.1) is 5.10 Å². The first-order valence-electron chi connectivity index (χ1n) is 5.49. The van der Waals surface area contributed by atoms with E-state index in [0.717, 1.165) is 5.56 Å². The van der Waals surface area contributed by atoms with Gasteiger partial charge in [0, 0.05) is 0 Å². The fourth-order valence-electron chi connectivity index (χ4n) is 1.55. The molecular weight excluding hydrogens is 267 g/mol. The largest absolute Gasteiger partial charge is 0.336 e. The summed E-state index contributed by atoms with van der Waals surface area (Å²) in [5, 5.41) is 20.2. The molecule has 1 aromatic carbocycles. The molecule has 4 nitrogen and oxygen atoms in total. The van der Waals surface area contributed by atoms with E-state index in [0.29, 0.717) is 22.0 Å². The van der Waals surface area contributed by atoms with Crippen molar-refractivity contribution in [2.75, 3.05) is 5.32 Å². The number of nitrogens with zero attached hydrogens (tertiary/aromatic N) is 3. The number of hydrogen-bond donors (Lipinski definition) is 1. The topological polar surface area (TPSA) is 61.6 Å². The van der Waals surface area contributed by atoms with Gasteiger partial charge in [0.25, 0.3) is 0 Å². The maximum absolute atomic E-state index is 13.2. The Morgan fingerprint density at radius 3 is 2.74 bits per heavy atom. The molecule has 0 aliphatic heterocycles. The van der Waals surface area contributed by atoms with Gasteiger partial charge in [0.05, 0.1) is 16.4 Å². The summed E-state index contributed by atoms with van der Waals surface area (Å²) in [4.78, 5) is 0. The molecule has 0 spiro atoms. The maximum atomic E-state index is 13.2. The van der Waals surface area contributed by atoms with Crippen molar-refractivity contribution >= 4 is 23.1 Å². The summed E-state index contributed by atoms with van der Waals surface area (Å²) < 4.78 is 13.2. The van der Waals surface area contributed by atoms with E-state index >= 15 is 0 Å². The predicted octanol–water partition coefficient (Wildman–Crippen LogP) is 3.50. The van der Waals surface area contributed by atoms with Gasteiger partial charge < -0.3 is 5.32 Å². The molecule has 2 aromatic rings. The monoisotopic (exact) mass is 276 g/mol. The molecule has 1 aromatic heterocycles. The van der Waals surface area contributed by atoms with Crippen molar-refractivity contribution in [1.29, 1.82) is 5.26 Å². The molecule has 0 amide bonds. The summed E-state index contributed by atoms with van der Waals surface area (Å²) in [6.07, 6.45) is 0. The Kier molecular flexibility index (Phi) is 3.63. The number of nitriles is 1.